The molecule has 1 aromatic rings. The Kier molecular flexibility index (Phi) is 26.0. The zero-order valence-electron chi connectivity index (χ0n) is 35.1. The summed E-state index contributed by atoms with van der Waals surface area (Å²) >= 11 is 0. The van der Waals surface area contributed by atoms with Crippen LogP contribution in [0, 0.1) is 11.3 Å². The van der Waals surface area contributed by atoms with Crippen LogP contribution in [0.15, 0.2) is 24.3 Å². The Bertz CT molecular complexity index is 1420. The summed E-state index contributed by atoms with van der Waals surface area (Å²) in [7, 11) is 0. The zero-order valence-corrected chi connectivity index (χ0v) is 35.1. The number of carbonyl (C=O) groups is 7. The highest BCUT2D eigenvalue weighted by molar-refractivity contribution is 5.98. The molecule has 0 radical (unpaired) electrons. The number of ether oxygens (including phenoxy) is 4. The van der Waals surface area contributed by atoms with Crippen LogP contribution in [-0.4, -0.2) is 113 Å². The van der Waals surface area contributed by atoms with E-state index >= 15 is 0 Å². The minimum absolute atomic E-state index is 0.00559. The molecule has 0 saturated carbocycles. The van der Waals surface area contributed by atoms with Gasteiger partial charge in [0.2, 0.25) is 23.6 Å². The molecule has 0 spiro atoms. The minimum Gasteiger partial charge on any atom is -0.445 e. The predicted octanol–water partition coefficient (Wildman–Crippen LogP) is 2.68. The van der Waals surface area contributed by atoms with Crippen molar-refractivity contribution in [2.24, 2.45) is 17.1 Å². The summed E-state index contributed by atoms with van der Waals surface area (Å²) in [5.41, 5.74) is 5.83. The fourth-order valence-corrected chi connectivity index (χ4v) is 5.33. The first-order valence-corrected chi connectivity index (χ1v) is 20.1. The maximum atomic E-state index is 13.4. The summed E-state index contributed by atoms with van der Waals surface area (Å²) < 4.78 is 21.6. The summed E-state index contributed by atoms with van der Waals surface area (Å²) in [5.74, 6) is -1.75. The third-order valence-corrected chi connectivity index (χ3v) is 8.76. The van der Waals surface area contributed by atoms with Crippen LogP contribution in [0.4, 0.5) is 15.3 Å². The van der Waals surface area contributed by atoms with Crippen molar-refractivity contribution in [3.63, 3.8) is 0 Å². The Labute approximate surface area is 342 Å². The van der Waals surface area contributed by atoms with Gasteiger partial charge < -0.3 is 56.6 Å². The highest BCUT2D eigenvalue weighted by Gasteiger charge is 2.29. The van der Waals surface area contributed by atoms with Crippen molar-refractivity contribution in [3.8, 4) is 0 Å². The van der Waals surface area contributed by atoms with Gasteiger partial charge in [-0.05, 0) is 42.9 Å². The first-order chi connectivity index (χ1) is 27.6. The van der Waals surface area contributed by atoms with Gasteiger partial charge >= 0.3 is 12.1 Å². The molecule has 0 aliphatic carbocycles. The molecule has 0 bridgehead atoms. The molecule has 7 amide bonds. The Hall–Kier alpha value is -4.81. The van der Waals surface area contributed by atoms with E-state index in [1.807, 2.05) is 20.8 Å². The molecule has 0 heterocycles. The van der Waals surface area contributed by atoms with E-state index in [0.29, 0.717) is 50.5 Å². The number of urea groups is 1. The number of benzene rings is 1. The van der Waals surface area contributed by atoms with Crippen molar-refractivity contribution in [2.45, 2.75) is 105 Å². The lowest BCUT2D eigenvalue weighted by molar-refractivity contribution is -0.132. The van der Waals surface area contributed by atoms with Gasteiger partial charge in [-0.1, -0.05) is 60.1 Å². The average Bonchev–Trinajstić information content (AvgIpc) is 3.17. The lowest BCUT2D eigenvalue weighted by Crippen LogP contribution is -2.54. The van der Waals surface area contributed by atoms with Crippen molar-refractivity contribution < 1.29 is 52.5 Å². The number of nitrogens with one attached hydrogen (secondary N) is 6. The van der Waals surface area contributed by atoms with E-state index in [9.17, 15) is 33.6 Å². The minimum atomic E-state index is -1.02. The molecular formula is C40H67N7O11. The number of nitrogens with two attached hydrogens (primary N) is 1. The van der Waals surface area contributed by atoms with Gasteiger partial charge in [0.15, 0.2) is 0 Å². The molecule has 18 heteroatoms. The molecule has 0 saturated heterocycles. The molecule has 0 fully saturated rings. The predicted molar refractivity (Wildman–Crippen MR) is 217 cm³/mol. The molecule has 58 heavy (non-hydrogen) atoms. The Morgan fingerprint density at radius 2 is 1.36 bits per heavy atom. The monoisotopic (exact) mass is 821 g/mol. The van der Waals surface area contributed by atoms with Gasteiger partial charge in [-0.2, -0.15) is 0 Å². The summed E-state index contributed by atoms with van der Waals surface area (Å²) in [6.07, 6.45) is 2.26. The molecular weight excluding hydrogens is 754 g/mol. The topological polar surface area (TPSA) is 255 Å². The van der Waals surface area contributed by atoms with Crippen LogP contribution in [0.2, 0.25) is 0 Å². The van der Waals surface area contributed by atoms with Gasteiger partial charge in [-0.25, -0.2) is 9.59 Å². The largest absolute Gasteiger partial charge is 0.445 e. The molecule has 1 rings (SSSR count). The number of rotatable bonds is 31. The number of alkyl carbamates (subject to hydrolysis) is 1. The van der Waals surface area contributed by atoms with Crippen LogP contribution in [0.5, 0.6) is 0 Å². The second kappa shape index (κ2) is 29.4. The zero-order chi connectivity index (χ0) is 43.3. The van der Waals surface area contributed by atoms with Gasteiger partial charge in [-0.15, -0.1) is 0 Å². The SMILES string of the molecule is CCCC(C)(C)C(=O)NCCOCCOCCNC(=O)OCc1ccc(NC(=O)[C@@H](CCCNC(N)=O)NC(=O)C(NC(=O)CCOCCC(=O)CC)C(C)C)cc1. The van der Waals surface area contributed by atoms with Crippen molar-refractivity contribution in [2.75, 3.05) is 64.6 Å². The van der Waals surface area contributed by atoms with Crippen LogP contribution in [0.1, 0.15) is 92.1 Å². The fourth-order valence-electron chi connectivity index (χ4n) is 5.33. The molecule has 0 aromatic heterocycles. The molecule has 328 valence electrons. The van der Waals surface area contributed by atoms with Gasteiger partial charge in [0.25, 0.3) is 0 Å². The first kappa shape index (κ1) is 51.2. The highest BCUT2D eigenvalue weighted by Crippen LogP contribution is 2.22. The molecule has 2 atom stereocenters. The Morgan fingerprint density at radius 3 is 1.97 bits per heavy atom. The fraction of sp³-hybridized carbons (Fsp3) is 0.675. The van der Waals surface area contributed by atoms with Crippen LogP contribution in [-0.2, 0) is 49.5 Å². The molecule has 8 N–H and O–H groups in total. The summed E-state index contributed by atoms with van der Waals surface area (Å²) in [4.78, 5) is 86.3. The first-order valence-electron chi connectivity index (χ1n) is 20.1. The summed E-state index contributed by atoms with van der Waals surface area (Å²) in [6.45, 7) is 13.6. The van der Waals surface area contributed by atoms with Gasteiger partial charge in [0.1, 0.15) is 24.5 Å². The van der Waals surface area contributed by atoms with E-state index in [-0.39, 0.29) is 76.4 Å². The summed E-state index contributed by atoms with van der Waals surface area (Å²) in [6, 6.07) is 3.90. The normalized spacial score (nSPS) is 12.2. The third-order valence-electron chi connectivity index (χ3n) is 8.76. The number of hydrogen-bond donors (Lipinski definition) is 7. The number of carbonyl (C=O) groups excluding carboxylic acids is 7. The third kappa shape index (κ3) is 23.4. The van der Waals surface area contributed by atoms with E-state index in [4.69, 9.17) is 24.7 Å². The van der Waals surface area contributed by atoms with Crippen molar-refractivity contribution in [1.29, 1.82) is 0 Å². The molecule has 0 aliphatic rings. The quantitative estimate of drug-likeness (QED) is 0.0536. The van der Waals surface area contributed by atoms with E-state index in [1.54, 1.807) is 45.0 Å². The van der Waals surface area contributed by atoms with Crippen molar-refractivity contribution >= 4 is 47.2 Å². The number of amides is 7. The van der Waals surface area contributed by atoms with Crippen molar-refractivity contribution in [3.05, 3.63) is 29.8 Å². The van der Waals surface area contributed by atoms with Crippen LogP contribution in [0.25, 0.3) is 0 Å². The smallest absolute Gasteiger partial charge is 0.407 e. The average molecular weight is 822 g/mol. The molecule has 18 nitrogen and oxygen atoms in total. The lowest BCUT2D eigenvalue weighted by Gasteiger charge is -2.25. The van der Waals surface area contributed by atoms with Crippen molar-refractivity contribution in [1.82, 2.24) is 26.6 Å². The standard InChI is InChI=1S/C40H67N7O11/c1-7-17-40(5,6)37(52)42-19-23-56-25-26-57-24-20-44-39(54)58-27-29-11-13-30(14-12-29)45-35(50)32(10-9-18-43-38(41)53)46-36(51)34(28(3)4)47-33(49)16-22-55-21-15-31(48)8-2/h11-14,28,32,34H,7-10,15-27H2,1-6H3,(H,42,52)(H,44,54)(H,45,50)(H,46,51)(H,47,49)(H3,41,43,53)/t32-,34?/m1/s1. The highest BCUT2D eigenvalue weighted by atomic mass is 16.5. The Balaban J connectivity index is 2.53. The van der Waals surface area contributed by atoms with E-state index in [0.717, 1.165) is 12.8 Å². The van der Waals surface area contributed by atoms with E-state index < -0.39 is 47.3 Å². The van der Waals surface area contributed by atoms with Gasteiger partial charge in [-0.3, -0.25) is 24.0 Å². The number of ketones is 1. The number of primary amides is 1. The molecule has 1 unspecified atom stereocenters. The van der Waals surface area contributed by atoms with Crippen LogP contribution < -0.4 is 37.6 Å². The second-order valence-corrected chi connectivity index (χ2v) is 14.6. The van der Waals surface area contributed by atoms with Crippen LogP contribution >= 0.6 is 0 Å². The van der Waals surface area contributed by atoms with Gasteiger partial charge in [0, 0.05) is 50.0 Å². The molecule has 1 aromatic carbocycles. The second-order valence-electron chi connectivity index (χ2n) is 14.6. The van der Waals surface area contributed by atoms with E-state index in [2.05, 4.69) is 31.9 Å². The maximum absolute atomic E-state index is 13.4. The van der Waals surface area contributed by atoms with Gasteiger partial charge in [0.05, 0.1) is 39.6 Å². The van der Waals surface area contributed by atoms with E-state index in [1.165, 1.54) is 0 Å². The summed E-state index contributed by atoms with van der Waals surface area (Å²) in [5, 5.41) is 16.1. The maximum Gasteiger partial charge on any atom is 0.407 e. The Morgan fingerprint density at radius 1 is 0.741 bits per heavy atom. The number of anilines is 1. The number of hydrogen-bond acceptors (Lipinski definition) is 11. The molecule has 0 aliphatic heterocycles. The van der Waals surface area contributed by atoms with Crippen LogP contribution in [0.3, 0.4) is 0 Å². The number of Topliss-reactive ketones (excluding diaryl/α,β-unsaturated/α-hetero) is 1. The lowest BCUT2D eigenvalue weighted by atomic mass is 9.87.